The summed E-state index contributed by atoms with van der Waals surface area (Å²) >= 11 is 0. The van der Waals surface area contributed by atoms with Crippen molar-refractivity contribution in [3.8, 4) is 11.4 Å². The number of hydrogen-bond donors (Lipinski definition) is 1. The van der Waals surface area contributed by atoms with Crippen molar-refractivity contribution in [3.05, 3.63) is 36.2 Å². The molecule has 0 aliphatic carbocycles. The van der Waals surface area contributed by atoms with Gasteiger partial charge in [0.25, 0.3) is 0 Å². The van der Waals surface area contributed by atoms with Crippen LogP contribution in [0.3, 0.4) is 0 Å². The third-order valence-electron chi connectivity index (χ3n) is 3.40. The molecule has 1 amide bonds. The molecule has 7 nitrogen and oxygen atoms in total. The first-order chi connectivity index (χ1) is 10.1. The molecule has 1 unspecified atom stereocenters. The van der Waals surface area contributed by atoms with Crippen LogP contribution in [0, 0.1) is 5.92 Å². The van der Waals surface area contributed by atoms with E-state index in [1.807, 2.05) is 12.1 Å². The molecule has 3 rings (SSSR count). The Balaban J connectivity index is 1.71. The molecule has 1 fully saturated rings. The minimum atomic E-state index is -0.947. The average Bonchev–Trinajstić information content (AvgIpc) is 3.08. The lowest BCUT2D eigenvalue weighted by Gasteiger charge is -2.13. The molecule has 21 heavy (non-hydrogen) atoms. The van der Waals surface area contributed by atoms with E-state index in [2.05, 4.69) is 10.1 Å². The van der Waals surface area contributed by atoms with Gasteiger partial charge in [-0.2, -0.15) is 0 Å². The largest absolute Gasteiger partial charge is 0.481 e. The minimum absolute atomic E-state index is 0.0383. The monoisotopic (exact) mass is 287 g/mol. The maximum Gasteiger partial charge on any atom is 0.308 e. The van der Waals surface area contributed by atoms with Gasteiger partial charge in [0, 0.05) is 25.2 Å². The number of carboxylic acids is 1. The van der Waals surface area contributed by atoms with E-state index in [-0.39, 0.29) is 25.4 Å². The quantitative estimate of drug-likeness (QED) is 0.906. The normalized spacial score (nSPS) is 18.2. The molecule has 3 heterocycles. The van der Waals surface area contributed by atoms with Gasteiger partial charge in [-0.3, -0.25) is 14.6 Å². The number of carboxylic acid groups (broad SMARTS) is 1. The van der Waals surface area contributed by atoms with Gasteiger partial charge >= 0.3 is 5.97 Å². The lowest BCUT2D eigenvalue weighted by molar-refractivity contribution is -0.141. The van der Waals surface area contributed by atoms with Crippen LogP contribution in [0.1, 0.15) is 12.2 Å². The van der Waals surface area contributed by atoms with Gasteiger partial charge in [0.05, 0.1) is 18.2 Å². The summed E-state index contributed by atoms with van der Waals surface area (Å²) in [5, 5.41) is 12.9. The van der Waals surface area contributed by atoms with Crippen molar-refractivity contribution in [3.63, 3.8) is 0 Å². The van der Waals surface area contributed by atoms with Crippen molar-refractivity contribution in [2.45, 2.75) is 13.0 Å². The second-order valence-electron chi connectivity index (χ2n) is 4.91. The average molecular weight is 287 g/mol. The van der Waals surface area contributed by atoms with Crippen molar-refractivity contribution >= 4 is 11.9 Å². The number of aliphatic carboxylic acids is 1. The van der Waals surface area contributed by atoms with Crippen LogP contribution in [0.25, 0.3) is 11.4 Å². The molecule has 1 atom stereocenters. The Morgan fingerprint density at radius 1 is 1.43 bits per heavy atom. The van der Waals surface area contributed by atoms with Crippen molar-refractivity contribution in [2.24, 2.45) is 5.92 Å². The molecule has 2 aromatic rings. The Labute approximate surface area is 120 Å². The summed E-state index contributed by atoms with van der Waals surface area (Å²) in [6.45, 7) is 0.427. The topological polar surface area (TPSA) is 96.5 Å². The summed E-state index contributed by atoms with van der Waals surface area (Å²) in [5.41, 5.74) is 1.27. The van der Waals surface area contributed by atoms with Gasteiger partial charge in [0.1, 0.15) is 5.69 Å². The first kappa shape index (κ1) is 13.3. The highest BCUT2D eigenvalue weighted by atomic mass is 16.5. The van der Waals surface area contributed by atoms with Gasteiger partial charge < -0.3 is 14.5 Å². The Morgan fingerprint density at radius 2 is 2.29 bits per heavy atom. The van der Waals surface area contributed by atoms with E-state index in [9.17, 15) is 9.59 Å². The first-order valence-electron chi connectivity index (χ1n) is 6.51. The molecule has 0 aromatic carbocycles. The lowest BCUT2D eigenvalue weighted by Crippen LogP contribution is -2.25. The first-order valence-corrected chi connectivity index (χ1v) is 6.51. The zero-order valence-corrected chi connectivity index (χ0v) is 11.1. The van der Waals surface area contributed by atoms with Crippen molar-refractivity contribution in [1.29, 1.82) is 0 Å². The van der Waals surface area contributed by atoms with E-state index in [4.69, 9.17) is 9.63 Å². The minimum Gasteiger partial charge on any atom is -0.481 e. The van der Waals surface area contributed by atoms with Gasteiger partial charge in [-0.05, 0) is 12.1 Å². The summed E-state index contributed by atoms with van der Waals surface area (Å²) in [5.74, 6) is -1.26. The van der Waals surface area contributed by atoms with Crippen LogP contribution in [-0.4, -0.2) is 38.6 Å². The number of likely N-dealkylation sites (tertiary alicyclic amines) is 1. The summed E-state index contributed by atoms with van der Waals surface area (Å²) in [6.07, 6.45) is 1.70. The highest BCUT2D eigenvalue weighted by Crippen LogP contribution is 2.22. The second-order valence-corrected chi connectivity index (χ2v) is 4.91. The summed E-state index contributed by atoms with van der Waals surface area (Å²) in [6, 6.07) is 7.17. The number of pyridine rings is 1. The molecule has 1 saturated heterocycles. The predicted molar refractivity (Wildman–Crippen MR) is 70.9 cm³/mol. The summed E-state index contributed by atoms with van der Waals surface area (Å²) in [4.78, 5) is 28.3. The van der Waals surface area contributed by atoms with Gasteiger partial charge in [-0.1, -0.05) is 11.2 Å². The Kier molecular flexibility index (Phi) is 3.39. The van der Waals surface area contributed by atoms with Crippen LogP contribution < -0.4 is 0 Å². The zero-order chi connectivity index (χ0) is 14.8. The fourth-order valence-corrected chi connectivity index (χ4v) is 2.30. The van der Waals surface area contributed by atoms with Crippen molar-refractivity contribution in [2.75, 3.05) is 6.54 Å². The highest BCUT2D eigenvalue weighted by Gasteiger charge is 2.34. The molecule has 7 heteroatoms. The van der Waals surface area contributed by atoms with E-state index >= 15 is 0 Å². The third kappa shape index (κ3) is 2.76. The maximum absolute atomic E-state index is 11.8. The maximum atomic E-state index is 11.8. The number of nitrogens with zero attached hydrogens (tertiary/aromatic N) is 3. The van der Waals surface area contributed by atoms with E-state index in [0.717, 1.165) is 0 Å². The molecule has 1 aliphatic heterocycles. The fraction of sp³-hybridized carbons (Fsp3) is 0.286. The fourth-order valence-electron chi connectivity index (χ4n) is 2.30. The smallest absolute Gasteiger partial charge is 0.308 e. The number of amides is 1. The number of rotatable bonds is 4. The van der Waals surface area contributed by atoms with Gasteiger partial charge in [0.15, 0.2) is 5.76 Å². The predicted octanol–water partition coefficient (Wildman–Crippen LogP) is 1.17. The SMILES string of the molecule is O=C(O)C1CC(=O)N(Cc2cc(-c3ccccn3)no2)C1. The molecule has 0 saturated carbocycles. The molecule has 108 valence electrons. The molecule has 2 aromatic heterocycles. The number of aromatic nitrogens is 2. The second kappa shape index (κ2) is 5.35. The van der Waals surface area contributed by atoms with Crippen LogP contribution in [0.2, 0.25) is 0 Å². The molecular weight excluding hydrogens is 274 g/mol. The molecule has 0 radical (unpaired) electrons. The molecular formula is C14H13N3O4. The van der Waals surface area contributed by atoms with E-state index < -0.39 is 11.9 Å². The standard InChI is InChI=1S/C14H13N3O4/c18-13-5-9(14(19)20)7-17(13)8-10-6-12(16-21-10)11-3-1-2-4-15-11/h1-4,6,9H,5,7-8H2,(H,19,20). The van der Waals surface area contributed by atoms with Crippen LogP contribution in [0.15, 0.2) is 35.0 Å². The lowest BCUT2D eigenvalue weighted by atomic mass is 10.1. The van der Waals surface area contributed by atoms with Crippen molar-refractivity contribution < 1.29 is 19.2 Å². The van der Waals surface area contributed by atoms with Crippen LogP contribution in [-0.2, 0) is 16.1 Å². The Bertz CT molecular complexity index is 668. The number of hydrogen-bond acceptors (Lipinski definition) is 5. The van der Waals surface area contributed by atoms with E-state index in [1.54, 1.807) is 18.3 Å². The van der Waals surface area contributed by atoms with E-state index in [0.29, 0.717) is 17.1 Å². The third-order valence-corrected chi connectivity index (χ3v) is 3.40. The van der Waals surface area contributed by atoms with Gasteiger partial charge in [0.2, 0.25) is 5.91 Å². The molecule has 0 bridgehead atoms. The van der Waals surface area contributed by atoms with Crippen LogP contribution in [0.4, 0.5) is 0 Å². The Hall–Kier alpha value is -2.70. The summed E-state index contributed by atoms with van der Waals surface area (Å²) in [7, 11) is 0. The molecule has 1 aliphatic rings. The van der Waals surface area contributed by atoms with Crippen LogP contribution >= 0.6 is 0 Å². The highest BCUT2D eigenvalue weighted by molar-refractivity contribution is 5.86. The zero-order valence-electron chi connectivity index (χ0n) is 11.1. The Morgan fingerprint density at radius 3 is 2.95 bits per heavy atom. The molecule has 1 N–H and O–H groups in total. The number of carbonyl (C=O) groups is 2. The van der Waals surface area contributed by atoms with Gasteiger partial charge in [-0.25, -0.2) is 0 Å². The van der Waals surface area contributed by atoms with Gasteiger partial charge in [-0.15, -0.1) is 0 Å². The van der Waals surface area contributed by atoms with Crippen LogP contribution in [0.5, 0.6) is 0 Å². The summed E-state index contributed by atoms with van der Waals surface area (Å²) < 4.78 is 5.19. The molecule has 0 spiro atoms. The number of carbonyl (C=O) groups excluding carboxylic acids is 1. The van der Waals surface area contributed by atoms with E-state index in [1.165, 1.54) is 4.90 Å². The van der Waals surface area contributed by atoms with Crippen molar-refractivity contribution in [1.82, 2.24) is 15.0 Å².